The predicted molar refractivity (Wildman–Crippen MR) is 135 cm³/mol. The van der Waals surface area contributed by atoms with Crippen LogP contribution < -0.4 is 15.5 Å². The highest BCUT2D eigenvalue weighted by atomic mass is 32.1. The van der Waals surface area contributed by atoms with Crippen LogP contribution in [0.3, 0.4) is 0 Å². The zero-order valence-electron chi connectivity index (χ0n) is 18.5. The van der Waals surface area contributed by atoms with Gasteiger partial charge in [0.15, 0.2) is 0 Å². The van der Waals surface area contributed by atoms with Crippen molar-refractivity contribution >= 4 is 34.5 Å². The number of nitrogens with one attached hydrogen (secondary N) is 2. The average Bonchev–Trinajstić information content (AvgIpc) is 3.35. The zero-order chi connectivity index (χ0) is 23.8. The lowest BCUT2D eigenvalue weighted by molar-refractivity contribution is 0.0338. The minimum Gasteiger partial charge on any atom is -0.492 e. The molecule has 0 radical (unpaired) electrons. The van der Waals surface area contributed by atoms with E-state index in [1.807, 2.05) is 35.3 Å². The molecule has 1 aromatic heterocycles. The molecule has 1 aliphatic rings. The molecule has 34 heavy (non-hydrogen) atoms. The van der Waals surface area contributed by atoms with Crippen LogP contribution in [0.2, 0.25) is 0 Å². The average molecular weight is 499 g/mol. The Hall–Kier alpha value is -2.89. The molecule has 178 valence electrons. The molecule has 0 unspecified atom stereocenters. The van der Waals surface area contributed by atoms with E-state index in [-0.39, 0.29) is 10.9 Å². The molecule has 1 aliphatic heterocycles. The molecule has 1 amide bonds. The third kappa shape index (κ3) is 6.37. The summed E-state index contributed by atoms with van der Waals surface area (Å²) in [6, 6.07) is 14.6. The summed E-state index contributed by atoms with van der Waals surface area (Å²) in [7, 11) is 0. The standard InChI is InChI=1S/C24H26N4O4S2/c29-23(25-9-12-32-20-7-5-19(6-8-20)24(33)27-30)18-3-1-17(2-4-18)22-21(26-16-34-22)15-28-10-13-31-14-11-28/h1-8,16,30H,9-15H2,(H,25,29)(H,27,33). The van der Waals surface area contributed by atoms with Gasteiger partial charge in [0.05, 0.1) is 35.8 Å². The maximum absolute atomic E-state index is 12.5. The second kappa shape index (κ2) is 12.0. The van der Waals surface area contributed by atoms with Crippen LogP contribution >= 0.6 is 23.6 Å². The van der Waals surface area contributed by atoms with Crippen molar-refractivity contribution < 1.29 is 19.5 Å². The minimum absolute atomic E-state index is 0.150. The van der Waals surface area contributed by atoms with Crippen molar-refractivity contribution in [3.05, 3.63) is 70.9 Å². The van der Waals surface area contributed by atoms with Crippen LogP contribution in [0.1, 0.15) is 21.6 Å². The van der Waals surface area contributed by atoms with Crippen molar-refractivity contribution in [3.63, 3.8) is 0 Å². The highest BCUT2D eigenvalue weighted by Crippen LogP contribution is 2.29. The summed E-state index contributed by atoms with van der Waals surface area (Å²) in [6.07, 6.45) is 0. The summed E-state index contributed by atoms with van der Waals surface area (Å²) in [6.45, 7) is 4.86. The van der Waals surface area contributed by atoms with Crippen molar-refractivity contribution in [2.24, 2.45) is 0 Å². The van der Waals surface area contributed by atoms with E-state index in [0.717, 1.165) is 49.0 Å². The first-order valence-corrected chi connectivity index (χ1v) is 12.2. The second-order valence-corrected chi connectivity index (χ2v) is 8.93. The number of hydrogen-bond donors (Lipinski definition) is 3. The van der Waals surface area contributed by atoms with Gasteiger partial charge in [-0.05, 0) is 42.0 Å². The van der Waals surface area contributed by atoms with Crippen LogP contribution in [0.4, 0.5) is 0 Å². The lowest BCUT2D eigenvalue weighted by Gasteiger charge is -2.26. The number of carbonyl (C=O) groups excluding carboxylic acids is 1. The maximum atomic E-state index is 12.5. The number of rotatable bonds is 9. The van der Waals surface area contributed by atoms with Gasteiger partial charge in [-0.2, -0.15) is 0 Å². The van der Waals surface area contributed by atoms with Gasteiger partial charge in [-0.1, -0.05) is 24.4 Å². The van der Waals surface area contributed by atoms with Crippen LogP contribution in [0.5, 0.6) is 5.75 Å². The molecule has 10 heteroatoms. The summed E-state index contributed by atoms with van der Waals surface area (Å²) in [5.74, 6) is 0.503. The Bertz CT molecular complexity index is 1100. The van der Waals surface area contributed by atoms with Gasteiger partial charge in [0.25, 0.3) is 5.91 Å². The fraction of sp³-hybridized carbons (Fsp3) is 0.292. The number of thiazole rings is 1. The summed E-state index contributed by atoms with van der Waals surface area (Å²) >= 11 is 6.57. The summed E-state index contributed by atoms with van der Waals surface area (Å²) in [5.41, 5.74) is 7.22. The molecule has 0 aliphatic carbocycles. The van der Waals surface area contributed by atoms with Gasteiger partial charge in [0.2, 0.25) is 0 Å². The van der Waals surface area contributed by atoms with Crippen molar-refractivity contribution in [3.8, 4) is 16.2 Å². The zero-order valence-corrected chi connectivity index (χ0v) is 20.2. The number of nitrogens with zero attached hydrogens (tertiary/aromatic N) is 2. The number of carbonyl (C=O) groups is 1. The molecule has 0 atom stereocenters. The molecule has 4 rings (SSSR count). The Balaban J connectivity index is 1.26. The molecule has 8 nitrogen and oxygen atoms in total. The molecule has 1 saturated heterocycles. The molecule has 3 N–H and O–H groups in total. The number of benzene rings is 2. The van der Waals surface area contributed by atoms with Crippen LogP contribution in [0, 0.1) is 0 Å². The van der Waals surface area contributed by atoms with Gasteiger partial charge < -0.3 is 14.8 Å². The molecule has 0 saturated carbocycles. The van der Waals surface area contributed by atoms with Gasteiger partial charge >= 0.3 is 0 Å². The topological polar surface area (TPSA) is 96.0 Å². The van der Waals surface area contributed by atoms with E-state index in [1.54, 1.807) is 35.6 Å². The number of ether oxygens (including phenoxy) is 2. The number of aromatic nitrogens is 1. The van der Waals surface area contributed by atoms with Crippen LogP contribution in [0.15, 0.2) is 54.0 Å². The van der Waals surface area contributed by atoms with E-state index in [9.17, 15) is 4.79 Å². The Labute approximate surface area is 207 Å². The largest absolute Gasteiger partial charge is 0.492 e. The highest BCUT2D eigenvalue weighted by molar-refractivity contribution is 7.80. The first kappa shape index (κ1) is 24.2. The number of hydroxylamine groups is 1. The van der Waals surface area contributed by atoms with Crippen molar-refractivity contribution in [1.82, 2.24) is 20.7 Å². The molecular formula is C24H26N4O4S2. The van der Waals surface area contributed by atoms with Gasteiger partial charge in [-0.15, -0.1) is 11.3 Å². The summed E-state index contributed by atoms with van der Waals surface area (Å²) < 4.78 is 11.1. The predicted octanol–water partition coefficient (Wildman–Crippen LogP) is 3.11. The van der Waals surface area contributed by atoms with Crippen molar-refractivity contribution in [1.29, 1.82) is 0 Å². The molecule has 2 heterocycles. The van der Waals surface area contributed by atoms with Crippen LogP contribution in [-0.4, -0.2) is 65.4 Å². The van der Waals surface area contributed by atoms with E-state index in [1.165, 1.54) is 0 Å². The lowest BCUT2D eigenvalue weighted by atomic mass is 10.1. The highest BCUT2D eigenvalue weighted by Gasteiger charge is 2.16. The van der Waals surface area contributed by atoms with Gasteiger partial charge in [0, 0.05) is 30.8 Å². The Kier molecular flexibility index (Phi) is 8.56. The Morgan fingerprint density at radius 1 is 1.12 bits per heavy atom. The Morgan fingerprint density at radius 3 is 2.53 bits per heavy atom. The normalized spacial score (nSPS) is 13.9. The minimum atomic E-state index is -0.150. The van der Waals surface area contributed by atoms with E-state index in [0.29, 0.717) is 30.0 Å². The Morgan fingerprint density at radius 2 is 1.82 bits per heavy atom. The first-order chi connectivity index (χ1) is 16.6. The monoisotopic (exact) mass is 498 g/mol. The first-order valence-electron chi connectivity index (χ1n) is 10.9. The quantitative estimate of drug-likeness (QED) is 0.235. The molecule has 2 aromatic carbocycles. The van der Waals surface area contributed by atoms with Crippen molar-refractivity contribution in [2.75, 3.05) is 39.5 Å². The maximum Gasteiger partial charge on any atom is 0.251 e. The van der Waals surface area contributed by atoms with E-state index >= 15 is 0 Å². The lowest BCUT2D eigenvalue weighted by Crippen LogP contribution is -2.35. The third-order valence-corrected chi connectivity index (χ3v) is 6.65. The summed E-state index contributed by atoms with van der Waals surface area (Å²) in [5, 5.41) is 11.7. The molecule has 0 bridgehead atoms. The SMILES string of the molecule is O=C(NCCOc1ccc(C(=S)NO)cc1)c1ccc(-c2scnc2CN2CCOCC2)cc1. The van der Waals surface area contributed by atoms with Crippen molar-refractivity contribution in [2.45, 2.75) is 6.54 Å². The third-order valence-electron chi connectivity index (χ3n) is 5.40. The van der Waals surface area contributed by atoms with Crippen LogP contribution in [0.25, 0.3) is 10.4 Å². The summed E-state index contributed by atoms with van der Waals surface area (Å²) in [4.78, 5) is 20.8. The van der Waals surface area contributed by atoms with E-state index in [4.69, 9.17) is 26.9 Å². The van der Waals surface area contributed by atoms with Gasteiger partial charge in [-0.3, -0.25) is 20.4 Å². The molecule has 1 fully saturated rings. The smallest absolute Gasteiger partial charge is 0.251 e. The number of hydrogen-bond acceptors (Lipinski definition) is 8. The van der Waals surface area contributed by atoms with E-state index < -0.39 is 0 Å². The molecule has 0 spiro atoms. The number of morpholine rings is 1. The second-order valence-electron chi connectivity index (χ2n) is 7.66. The van der Waals surface area contributed by atoms with Gasteiger partial charge in [0.1, 0.15) is 17.3 Å². The van der Waals surface area contributed by atoms with Gasteiger partial charge in [-0.25, -0.2) is 4.98 Å². The molecular weight excluding hydrogens is 472 g/mol. The number of amides is 1. The fourth-order valence-electron chi connectivity index (χ4n) is 3.56. The molecule has 3 aromatic rings. The fourth-order valence-corrected chi connectivity index (χ4v) is 4.51. The van der Waals surface area contributed by atoms with E-state index in [2.05, 4.69) is 15.2 Å². The number of thiocarbonyl (C=S) groups is 1. The van der Waals surface area contributed by atoms with Crippen LogP contribution in [-0.2, 0) is 11.3 Å².